The Kier molecular flexibility index (Phi) is 6.10. The van der Waals surface area contributed by atoms with Crippen molar-refractivity contribution in [1.82, 2.24) is 4.90 Å². The van der Waals surface area contributed by atoms with Gasteiger partial charge >= 0.3 is 0 Å². The van der Waals surface area contributed by atoms with Gasteiger partial charge in [-0.1, -0.05) is 24.3 Å². The molecule has 138 valence electrons. The van der Waals surface area contributed by atoms with Crippen LogP contribution in [0.25, 0.3) is 0 Å². The molecule has 1 heterocycles. The molecule has 0 spiro atoms. The second-order valence-electron chi connectivity index (χ2n) is 6.76. The first kappa shape index (κ1) is 18.2. The lowest BCUT2D eigenvalue weighted by atomic mass is 9.98. The molecule has 0 bridgehead atoms. The minimum atomic E-state index is -0.359. The number of amides is 1. The summed E-state index contributed by atoms with van der Waals surface area (Å²) in [6.07, 6.45) is 2.94. The smallest absolute Gasteiger partial charge is 0.222 e. The molecule has 26 heavy (non-hydrogen) atoms. The van der Waals surface area contributed by atoms with E-state index in [2.05, 4.69) is 0 Å². The molecule has 3 rings (SSSR count). The molecule has 1 atom stereocenters. The summed E-state index contributed by atoms with van der Waals surface area (Å²) in [5.74, 6) is 0.456. The average molecular weight is 357 g/mol. The molecule has 4 nitrogen and oxygen atoms in total. The Balaban J connectivity index is 1.48. The molecule has 2 aromatic rings. The molecule has 1 aliphatic heterocycles. The van der Waals surface area contributed by atoms with Crippen LogP contribution >= 0.6 is 0 Å². The number of carbonyl (C=O) groups excluding carboxylic acids is 1. The molecule has 5 heteroatoms. The molecule has 0 radical (unpaired) electrons. The first-order valence-corrected chi connectivity index (χ1v) is 9.05. The van der Waals surface area contributed by atoms with E-state index in [1.54, 1.807) is 36.4 Å². The highest BCUT2D eigenvalue weighted by Crippen LogP contribution is 2.21. The van der Waals surface area contributed by atoms with Gasteiger partial charge in [0.25, 0.3) is 0 Å². The van der Waals surface area contributed by atoms with E-state index < -0.39 is 0 Å². The number of ether oxygens (including phenoxy) is 1. The monoisotopic (exact) mass is 357 g/mol. The largest absolute Gasteiger partial charge is 0.508 e. The second kappa shape index (κ2) is 8.70. The molecule has 1 aliphatic rings. The van der Waals surface area contributed by atoms with Gasteiger partial charge in [-0.25, -0.2) is 4.39 Å². The van der Waals surface area contributed by atoms with Crippen LogP contribution in [0.15, 0.2) is 48.5 Å². The number of phenolic OH excluding ortho intramolecular Hbond substituents is 1. The summed E-state index contributed by atoms with van der Waals surface area (Å²) in [6.45, 7) is 1.82. The predicted molar refractivity (Wildman–Crippen MR) is 97.6 cm³/mol. The number of para-hydroxylation sites is 1. The van der Waals surface area contributed by atoms with Crippen LogP contribution in [0.5, 0.6) is 11.5 Å². The lowest BCUT2D eigenvalue weighted by molar-refractivity contribution is -0.133. The maximum atomic E-state index is 13.6. The van der Waals surface area contributed by atoms with Gasteiger partial charge in [0, 0.05) is 25.4 Å². The van der Waals surface area contributed by atoms with E-state index in [1.807, 2.05) is 11.0 Å². The van der Waals surface area contributed by atoms with Gasteiger partial charge in [0.15, 0.2) is 11.6 Å². The number of likely N-dealkylation sites (tertiary alicyclic amines) is 1. The van der Waals surface area contributed by atoms with Crippen LogP contribution in [0.4, 0.5) is 4.39 Å². The van der Waals surface area contributed by atoms with E-state index >= 15 is 0 Å². The fourth-order valence-electron chi connectivity index (χ4n) is 3.32. The third-order valence-electron chi connectivity index (χ3n) is 4.72. The number of piperidine rings is 1. The minimum Gasteiger partial charge on any atom is -0.508 e. The molecule has 1 amide bonds. The summed E-state index contributed by atoms with van der Waals surface area (Å²) in [7, 11) is 0. The van der Waals surface area contributed by atoms with E-state index in [-0.39, 0.29) is 29.1 Å². The van der Waals surface area contributed by atoms with Crippen LogP contribution in [0, 0.1) is 11.7 Å². The fourth-order valence-corrected chi connectivity index (χ4v) is 3.32. The number of aromatic hydroxyl groups is 1. The van der Waals surface area contributed by atoms with Gasteiger partial charge in [0.1, 0.15) is 5.75 Å². The van der Waals surface area contributed by atoms with Gasteiger partial charge < -0.3 is 14.7 Å². The topological polar surface area (TPSA) is 49.8 Å². The number of benzene rings is 2. The van der Waals surface area contributed by atoms with E-state index in [0.29, 0.717) is 26.0 Å². The third kappa shape index (κ3) is 4.97. The van der Waals surface area contributed by atoms with Gasteiger partial charge in [0.2, 0.25) is 5.91 Å². The Morgan fingerprint density at radius 1 is 1.23 bits per heavy atom. The quantitative estimate of drug-likeness (QED) is 0.856. The molecule has 1 saturated heterocycles. The van der Waals surface area contributed by atoms with Gasteiger partial charge in [-0.05, 0) is 49.1 Å². The Hall–Kier alpha value is -2.56. The summed E-state index contributed by atoms with van der Waals surface area (Å²) in [5, 5.41) is 9.50. The van der Waals surface area contributed by atoms with Crippen molar-refractivity contribution in [3.05, 3.63) is 59.9 Å². The van der Waals surface area contributed by atoms with E-state index in [1.165, 1.54) is 6.07 Å². The third-order valence-corrected chi connectivity index (χ3v) is 4.72. The molecule has 0 aliphatic carbocycles. The Bertz CT molecular complexity index is 750. The second-order valence-corrected chi connectivity index (χ2v) is 6.76. The van der Waals surface area contributed by atoms with Crippen LogP contribution in [0.3, 0.4) is 0 Å². The number of nitrogens with zero attached hydrogens (tertiary/aromatic N) is 1. The zero-order chi connectivity index (χ0) is 18.4. The number of carbonyl (C=O) groups is 1. The first-order valence-electron chi connectivity index (χ1n) is 9.05. The standard InChI is InChI=1S/C21H24FNO3/c22-19-8-1-2-9-20(19)26-15-17-6-4-12-23(14-17)21(25)11-10-16-5-3-7-18(24)13-16/h1-3,5,7-9,13,17,24H,4,6,10-12,14-15H2/t17-/m1/s1. The highest BCUT2D eigenvalue weighted by molar-refractivity contribution is 5.76. The normalized spacial score (nSPS) is 17.1. The first-order chi connectivity index (χ1) is 12.6. The maximum absolute atomic E-state index is 13.6. The zero-order valence-corrected chi connectivity index (χ0v) is 14.7. The van der Waals surface area contributed by atoms with Crippen LogP contribution < -0.4 is 4.74 Å². The molecular formula is C21H24FNO3. The van der Waals surface area contributed by atoms with Crippen LogP contribution in [-0.4, -0.2) is 35.6 Å². The number of hydrogen-bond donors (Lipinski definition) is 1. The molecule has 1 fully saturated rings. The molecule has 1 N–H and O–H groups in total. The van der Waals surface area contributed by atoms with Crippen molar-refractivity contribution >= 4 is 5.91 Å². The average Bonchev–Trinajstić information content (AvgIpc) is 2.66. The van der Waals surface area contributed by atoms with Crippen molar-refractivity contribution in [2.45, 2.75) is 25.7 Å². The fraction of sp³-hybridized carbons (Fsp3) is 0.381. The van der Waals surface area contributed by atoms with Crippen LogP contribution in [0.2, 0.25) is 0 Å². The highest BCUT2D eigenvalue weighted by Gasteiger charge is 2.24. The molecule has 2 aromatic carbocycles. The molecular weight excluding hydrogens is 333 g/mol. The van der Waals surface area contributed by atoms with Gasteiger partial charge in [-0.2, -0.15) is 0 Å². The SMILES string of the molecule is O=C(CCc1cccc(O)c1)N1CCC[C@@H](COc2ccccc2F)C1. The lowest BCUT2D eigenvalue weighted by Crippen LogP contribution is -2.41. The number of aryl methyl sites for hydroxylation is 1. The van der Waals surface area contributed by atoms with Crippen molar-refractivity contribution in [2.24, 2.45) is 5.92 Å². The van der Waals surface area contributed by atoms with Crippen molar-refractivity contribution in [2.75, 3.05) is 19.7 Å². The predicted octanol–water partition coefficient (Wildman–Crippen LogP) is 3.78. The van der Waals surface area contributed by atoms with E-state index in [0.717, 1.165) is 24.9 Å². The van der Waals surface area contributed by atoms with Crippen LogP contribution in [-0.2, 0) is 11.2 Å². The van der Waals surface area contributed by atoms with Crippen molar-refractivity contribution in [1.29, 1.82) is 0 Å². The van der Waals surface area contributed by atoms with E-state index in [9.17, 15) is 14.3 Å². The molecule has 0 aromatic heterocycles. The van der Waals surface area contributed by atoms with Gasteiger partial charge in [-0.3, -0.25) is 4.79 Å². The summed E-state index contributed by atoms with van der Waals surface area (Å²) in [4.78, 5) is 14.4. The number of hydrogen-bond acceptors (Lipinski definition) is 3. The Morgan fingerprint density at radius 2 is 2.08 bits per heavy atom. The highest BCUT2D eigenvalue weighted by atomic mass is 19.1. The van der Waals surface area contributed by atoms with Crippen molar-refractivity contribution < 1.29 is 19.0 Å². The summed E-state index contributed by atoms with van der Waals surface area (Å²) < 4.78 is 19.2. The van der Waals surface area contributed by atoms with E-state index in [4.69, 9.17) is 4.74 Å². The Labute approximate surface area is 153 Å². The Morgan fingerprint density at radius 3 is 2.88 bits per heavy atom. The summed E-state index contributed by atoms with van der Waals surface area (Å²) in [5.41, 5.74) is 0.954. The van der Waals surface area contributed by atoms with Crippen molar-refractivity contribution in [3.63, 3.8) is 0 Å². The number of rotatable bonds is 6. The van der Waals surface area contributed by atoms with Gasteiger partial charge in [-0.15, -0.1) is 0 Å². The molecule has 0 saturated carbocycles. The number of halogens is 1. The number of phenols is 1. The summed E-state index contributed by atoms with van der Waals surface area (Å²) in [6, 6.07) is 13.4. The van der Waals surface area contributed by atoms with Crippen LogP contribution in [0.1, 0.15) is 24.8 Å². The lowest BCUT2D eigenvalue weighted by Gasteiger charge is -2.32. The minimum absolute atomic E-state index is 0.115. The zero-order valence-electron chi connectivity index (χ0n) is 14.7. The van der Waals surface area contributed by atoms with Gasteiger partial charge in [0.05, 0.1) is 6.61 Å². The molecule has 0 unspecified atom stereocenters. The van der Waals surface area contributed by atoms with Crippen molar-refractivity contribution in [3.8, 4) is 11.5 Å². The maximum Gasteiger partial charge on any atom is 0.222 e. The summed E-state index contributed by atoms with van der Waals surface area (Å²) >= 11 is 0.